The molecule has 0 spiro atoms. The molecule has 0 saturated carbocycles. The number of halogens is 1. The van der Waals surface area contributed by atoms with Crippen molar-refractivity contribution in [3.63, 3.8) is 0 Å². The van der Waals surface area contributed by atoms with Crippen molar-refractivity contribution in [1.82, 2.24) is 0 Å². The molecule has 1 rings (SSSR count). The molecular formula is C11H15FO. The van der Waals surface area contributed by atoms with Crippen LogP contribution in [0.1, 0.15) is 30.9 Å². The number of aromatic hydroxyl groups is 1. The van der Waals surface area contributed by atoms with Crippen LogP contribution in [0.4, 0.5) is 4.39 Å². The number of alkyl halides is 1. The van der Waals surface area contributed by atoms with Gasteiger partial charge in [0, 0.05) is 5.92 Å². The first-order chi connectivity index (χ1) is 6.20. The van der Waals surface area contributed by atoms with Gasteiger partial charge in [-0.25, -0.2) is 0 Å². The van der Waals surface area contributed by atoms with Crippen LogP contribution in [-0.2, 0) is 6.42 Å². The summed E-state index contributed by atoms with van der Waals surface area (Å²) in [5.41, 5.74) is 1.79. The summed E-state index contributed by atoms with van der Waals surface area (Å²) in [5.74, 6) is 0.155. The highest BCUT2D eigenvalue weighted by atomic mass is 19.1. The molecule has 0 bridgehead atoms. The standard InChI is InChI=1S/C11H15FO/c1-3-9-10(8(2)7-12)5-4-6-11(9)13/h4-6,8,13H,3,7H2,1-2H3. The summed E-state index contributed by atoms with van der Waals surface area (Å²) in [4.78, 5) is 0. The minimum Gasteiger partial charge on any atom is -0.508 e. The number of phenols is 1. The van der Waals surface area contributed by atoms with Crippen molar-refractivity contribution < 1.29 is 9.50 Å². The predicted molar refractivity (Wildman–Crippen MR) is 51.9 cm³/mol. The lowest BCUT2D eigenvalue weighted by molar-refractivity contribution is 0.439. The van der Waals surface area contributed by atoms with Crippen LogP contribution in [0.15, 0.2) is 18.2 Å². The maximum absolute atomic E-state index is 12.4. The molecule has 0 aliphatic rings. The number of phenolic OH excluding ortho intramolecular Hbond substituents is 1. The number of benzene rings is 1. The molecule has 2 heteroatoms. The van der Waals surface area contributed by atoms with Gasteiger partial charge in [-0.1, -0.05) is 26.0 Å². The Kier molecular flexibility index (Phi) is 3.29. The molecule has 1 unspecified atom stereocenters. The lowest BCUT2D eigenvalue weighted by Crippen LogP contribution is -2.00. The summed E-state index contributed by atoms with van der Waals surface area (Å²) in [6.07, 6.45) is 0.742. The maximum atomic E-state index is 12.4. The highest BCUT2D eigenvalue weighted by Gasteiger charge is 2.11. The first-order valence-electron chi connectivity index (χ1n) is 4.57. The van der Waals surface area contributed by atoms with Crippen LogP contribution in [0.3, 0.4) is 0 Å². The Morgan fingerprint density at radius 1 is 1.46 bits per heavy atom. The van der Waals surface area contributed by atoms with Crippen molar-refractivity contribution in [2.75, 3.05) is 6.67 Å². The second-order valence-electron chi connectivity index (χ2n) is 3.25. The van der Waals surface area contributed by atoms with Gasteiger partial charge in [0.15, 0.2) is 0 Å². The minimum absolute atomic E-state index is 0.123. The van der Waals surface area contributed by atoms with Gasteiger partial charge in [-0.3, -0.25) is 4.39 Å². The van der Waals surface area contributed by atoms with Crippen molar-refractivity contribution >= 4 is 0 Å². The molecule has 1 aromatic carbocycles. The van der Waals surface area contributed by atoms with Gasteiger partial charge in [0.1, 0.15) is 5.75 Å². The highest BCUT2D eigenvalue weighted by molar-refractivity contribution is 5.41. The van der Waals surface area contributed by atoms with Crippen molar-refractivity contribution in [3.05, 3.63) is 29.3 Å². The van der Waals surface area contributed by atoms with Crippen molar-refractivity contribution in [2.45, 2.75) is 26.2 Å². The van der Waals surface area contributed by atoms with E-state index >= 15 is 0 Å². The molecule has 0 heterocycles. The zero-order valence-electron chi connectivity index (χ0n) is 8.05. The van der Waals surface area contributed by atoms with Gasteiger partial charge in [-0.05, 0) is 23.6 Å². The highest BCUT2D eigenvalue weighted by Crippen LogP contribution is 2.27. The van der Waals surface area contributed by atoms with Gasteiger partial charge in [0.25, 0.3) is 0 Å². The zero-order valence-corrected chi connectivity index (χ0v) is 8.05. The van der Waals surface area contributed by atoms with E-state index in [2.05, 4.69) is 0 Å². The summed E-state index contributed by atoms with van der Waals surface area (Å²) < 4.78 is 12.4. The largest absolute Gasteiger partial charge is 0.508 e. The fourth-order valence-corrected chi connectivity index (χ4v) is 1.52. The van der Waals surface area contributed by atoms with Crippen LogP contribution >= 0.6 is 0 Å². The van der Waals surface area contributed by atoms with Crippen LogP contribution in [-0.4, -0.2) is 11.8 Å². The number of hydrogen-bond acceptors (Lipinski definition) is 1. The monoisotopic (exact) mass is 182 g/mol. The van der Waals surface area contributed by atoms with E-state index < -0.39 is 0 Å². The lowest BCUT2D eigenvalue weighted by atomic mass is 9.94. The Morgan fingerprint density at radius 2 is 2.15 bits per heavy atom. The normalized spacial score (nSPS) is 12.8. The smallest absolute Gasteiger partial charge is 0.119 e. The van der Waals surface area contributed by atoms with Gasteiger partial charge in [-0.15, -0.1) is 0 Å². The molecule has 0 fully saturated rings. The second kappa shape index (κ2) is 4.26. The van der Waals surface area contributed by atoms with Crippen molar-refractivity contribution in [2.24, 2.45) is 0 Å². The van der Waals surface area contributed by atoms with Crippen molar-refractivity contribution in [1.29, 1.82) is 0 Å². The van der Waals surface area contributed by atoms with Gasteiger partial charge < -0.3 is 5.11 Å². The van der Waals surface area contributed by atoms with E-state index in [1.54, 1.807) is 12.1 Å². The summed E-state index contributed by atoms with van der Waals surface area (Å²) in [6.45, 7) is 3.41. The van der Waals surface area contributed by atoms with E-state index in [1.165, 1.54) is 0 Å². The first-order valence-corrected chi connectivity index (χ1v) is 4.57. The van der Waals surface area contributed by atoms with Gasteiger partial charge in [-0.2, -0.15) is 0 Å². The quantitative estimate of drug-likeness (QED) is 0.761. The van der Waals surface area contributed by atoms with Crippen molar-refractivity contribution in [3.8, 4) is 5.75 Å². The van der Waals surface area contributed by atoms with E-state index in [0.717, 1.165) is 17.5 Å². The molecule has 0 amide bonds. The lowest BCUT2D eigenvalue weighted by Gasteiger charge is -2.13. The van der Waals surface area contributed by atoms with Crippen LogP contribution < -0.4 is 0 Å². The van der Waals surface area contributed by atoms with E-state index in [1.807, 2.05) is 19.9 Å². The average Bonchev–Trinajstić information content (AvgIpc) is 2.16. The summed E-state index contributed by atoms with van der Waals surface area (Å²) in [6, 6.07) is 5.28. The SMILES string of the molecule is CCc1c(O)cccc1C(C)CF. The summed E-state index contributed by atoms with van der Waals surface area (Å²) >= 11 is 0. The van der Waals surface area contributed by atoms with Gasteiger partial charge >= 0.3 is 0 Å². The molecule has 0 radical (unpaired) electrons. The Morgan fingerprint density at radius 3 is 2.69 bits per heavy atom. The Labute approximate surface area is 78.2 Å². The average molecular weight is 182 g/mol. The third kappa shape index (κ3) is 2.00. The molecule has 0 aliphatic heterocycles. The second-order valence-corrected chi connectivity index (χ2v) is 3.25. The molecule has 0 aliphatic carbocycles. The number of rotatable bonds is 3. The number of hydrogen-bond donors (Lipinski definition) is 1. The van der Waals surface area contributed by atoms with Crippen LogP contribution in [0.25, 0.3) is 0 Å². The third-order valence-corrected chi connectivity index (χ3v) is 2.30. The topological polar surface area (TPSA) is 20.2 Å². The molecule has 1 N–H and O–H groups in total. The fraction of sp³-hybridized carbons (Fsp3) is 0.455. The van der Waals surface area contributed by atoms with Gasteiger partial charge in [0.05, 0.1) is 6.67 Å². The molecule has 0 aromatic heterocycles. The molecule has 1 aromatic rings. The van der Waals surface area contributed by atoms with Crippen LogP contribution in [0.2, 0.25) is 0 Å². The van der Waals surface area contributed by atoms with E-state index in [-0.39, 0.29) is 18.3 Å². The Bertz CT molecular complexity index is 283. The van der Waals surface area contributed by atoms with E-state index in [4.69, 9.17) is 0 Å². The van der Waals surface area contributed by atoms with E-state index in [9.17, 15) is 9.50 Å². The molecule has 0 saturated heterocycles. The zero-order chi connectivity index (χ0) is 9.84. The van der Waals surface area contributed by atoms with Gasteiger partial charge in [0.2, 0.25) is 0 Å². The molecule has 1 nitrogen and oxygen atoms in total. The molecular weight excluding hydrogens is 167 g/mol. The van der Waals surface area contributed by atoms with E-state index in [0.29, 0.717) is 0 Å². The van der Waals surface area contributed by atoms with Crippen LogP contribution in [0.5, 0.6) is 5.75 Å². The molecule has 72 valence electrons. The predicted octanol–water partition coefficient (Wildman–Crippen LogP) is 3.03. The molecule has 1 atom stereocenters. The molecule has 13 heavy (non-hydrogen) atoms. The summed E-state index contributed by atoms with van der Waals surface area (Å²) in [7, 11) is 0. The first kappa shape index (κ1) is 10.0. The fourth-order valence-electron chi connectivity index (χ4n) is 1.52. The Balaban J connectivity index is 3.12. The maximum Gasteiger partial charge on any atom is 0.119 e. The summed E-state index contributed by atoms with van der Waals surface area (Å²) in [5, 5.41) is 9.51. The van der Waals surface area contributed by atoms with Crippen LogP contribution in [0, 0.1) is 0 Å². The third-order valence-electron chi connectivity index (χ3n) is 2.30. The Hall–Kier alpha value is -1.05. The minimum atomic E-state index is -0.379.